The molecule has 6 heteroatoms. The Morgan fingerprint density at radius 1 is 0.864 bits per heavy atom. The highest BCUT2D eigenvalue weighted by Crippen LogP contribution is 2.21. The Bertz CT molecular complexity index is 726. The molecule has 0 atom stereocenters. The van der Waals surface area contributed by atoms with Crippen molar-refractivity contribution in [3.8, 4) is 0 Å². The molecular formula is C16H13BrN2O3. The summed E-state index contributed by atoms with van der Waals surface area (Å²) in [5.41, 5.74) is 1.49. The molecule has 2 N–H and O–H groups in total. The maximum atomic E-state index is 11.8. The van der Waals surface area contributed by atoms with Crippen molar-refractivity contribution in [3.63, 3.8) is 0 Å². The van der Waals surface area contributed by atoms with Crippen LogP contribution in [0.25, 0.3) is 0 Å². The second-order valence-corrected chi connectivity index (χ2v) is 5.38. The summed E-state index contributed by atoms with van der Waals surface area (Å²) in [5.74, 6) is -1.63. The van der Waals surface area contributed by atoms with Crippen LogP contribution in [0.15, 0.2) is 53.0 Å². The van der Waals surface area contributed by atoms with Gasteiger partial charge in [-0.25, -0.2) is 0 Å². The molecule has 0 saturated carbocycles. The van der Waals surface area contributed by atoms with Crippen LogP contribution in [0.5, 0.6) is 0 Å². The molecule has 0 aliphatic rings. The van der Waals surface area contributed by atoms with Crippen LogP contribution in [0, 0.1) is 0 Å². The van der Waals surface area contributed by atoms with Gasteiger partial charge >= 0.3 is 11.8 Å². The van der Waals surface area contributed by atoms with Crippen LogP contribution < -0.4 is 10.6 Å². The van der Waals surface area contributed by atoms with Crippen molar-refractivity contribution >= 4 is 44.9 Å². The van der Waals surface area contributed by atoms with Crippen molar-refractivity contribution in [2.45, 2.75) is 6.92 Å². The number of nitrogens with one attached hydrogen (secondary N) is 2. The lowest BCUT2D eigenvalue weighted by Crippen LogP contribution is -2.29. The van der Waals surface area contributed by atoms with Crippen LogP contribution >= 0.6 is 15.9 Å². The van der Waals surface area contributed by atoms with Gasteiger partial charge in [-0.05, 0) is 59.3 Å². The van der Waals surface area contributed by atoms with Gasteiger partial charge in [0.1, 0.15) is 0 Å². The van der Waals surface area contributed by atoms with Gasteiger partial charge in [0.2, 0.25) is 0 Å². The predicted octanol–water partition coefficient (Wildman–Crippen LogP) is 3.23. The number of hydrogen-bond donors (Lipinski definition) is 2. The number of halogens is 1. The van der Waals surface area contributed by atoms with Crippen LogP contribution in [0.3, 0.4) is 0 Å². The summed E-state index contributed by atoms with van der Waals surface area (Å²) in [5, 5.41) is 4.98. The first-order valence-corrected chi connectivity index (χ1v) is 7.24. The minimum absolute atomic E-state index is 0.0652. The first kappa shape index (κ1) is 15.9. The van der Waals surface area contributed by atoms with Crippen molar-refractivity contribution in [2.24, 2.45) is 0 Å². The van der Waals surface area contributed by atoms with Gasteiger partial charge in [0, 0.05) is 15.7 Å². The number of carbonyl (C=O) groups excluding carboxylic acids is 3. The smallest absolute Gasteiger partial charge is 0.314 e. The summed E-state index contributed by atoms with van der Waals surface area (Å²) in [7, 11) is 0. The van der Waals surface area contributed by atoms with E-state index >= 15 is 0 Å². The Morgan fingerprint density at radius 3 is 2.05 bits per heavy atom. The highest BCUT2D eigenvalue weighted by molar-refractivity contribution is 9.10. The van der Waals surface area contributed by atoms with E-state index in [2.05, 4.69) is 26.6 Å². The van der Waals surface area contributed by atoms with Gasteiger partial charge in [-0.1, -0.05) is 12.1 Å². The van der Waals surface area contributed by atoms with Gasteiger partial charge in [-0.2, -0.15) is 0 Å². The minimum atomic E-state index is -0.786. The third kappa shape index (κ3) is 4.02. The Kier molecular flexibility index (Phi) is 5.06. The standard InChI is InChI=1S/C16H13BrN2O3/c1-10(20)11-6-8-12(9-7-11)18-15(21)16(22)19-14-5-3-2-4-13(14)17/h2-9H,1H3,(H,18,21)(H,19,22). The Hall–Kier alpha value is -2.47. The number of benzene rings is 2. The lowest BCUT2D eigenvalue weighted by molar-refractivity contribution is -0.133. The monoisotopic (exact) mass is 360 g/mol. The average molecular weight is 361 g/mol. The van der Waals surface area contributed by atoms with Crippen LogP contribution in [-0.4, -0.2) is 17.6 Å². The summed E-state index contributed by atoms with van der Waals surface area (Å²) in [6.07, 6.45) is 0. The highest BCUT2D eigenvalue weighted by atomic mass is 79.9. The Balaban J connectivity index is 2.01. The van der Waals surface area contributed by atoms with E-state index in [1.54, 1.807) is 48.5 Å². The van der Waals surface area contributed by atoms with Crippen molar-refractivity contribution in [1.82, 2.24) is 0 Å². The topological polar surface area (TPSA) is 75.3 Å². The molecule has 2 aromatic rings. The molecule has 22 heavy (non-hydrogen) atoms. The zero-order valence-electron chi connectivity index (χ0n) is 11.7. The number of para-hydroxylation sites is 1. The molecule has 2 rings (SSSR count). The lowest BCUT2D eigenvalue weighted by atomic mass is 10.1. The van der Waals surface area contributed by atoms with Gasteiger partial charge in [-0.15, -0.1) is 0 Å². The van der Waals surface area contributed by atoms with Gasteiger partial charge in [0.25, 0.3) is 0 Å². The molecule has 0 aromatic heterocycles. The Labute approximate surface area is 135 Å². The number of amides is 2. The number of Topliss-reactive ketones (excluding diaryl/α,β-unsaturated/α-hetero) is 1. The van der Waals surface area contributed by atoms with Gasteiger partial charge in [-0.3, -0.25) is 14.4 Å². The lowest BCUT2D eigenvalue weighted by Gasteiger charge is -2.08. The van der Waals surface area contributed by atoms with Gasteiger partial charge in [0.15, 0.2) is 5.78 Å². The zero-order chi connectivity index (χ0) is 16.1. The van der Waals surface area contributed by atoms with Gasteiger partial charge in [0.05, 0.1) is 5.69 Å². The van der Waals surface area contributed by atoms with E-state index in [1.807, 2.05) is 0 Å². The quantitative estimate of drug-likeness (QED) is 0.651. The molecule has 112 valence electrons. The molecule has 0 heterocycles. The molecule has 0 fully saturated rings. The molecule has 0 unspecified atom stereocenters. The van der Waals surface area contributed by atoms with Gasteiger partial charge < -0.3 is 10.6 Å². The molecule has 0 spiro atoms. The molecule has 0 aliphatic carbocycles. The number of hydrogen-bond acceptors (Lipinski definition) is 3. The predicted molar refractivity (Wildman–Crippen MR) is 87.8 cm³/mol. The first-order chi connectivity index (χ1) is 10.5. The van der Waals surface area contributed by atoms with Crippen LogP contribution in [0.2, 0.25) is 0 Å². The first-order valence-electron chi connectivity index (χ1n) is 6.45. The van der Waals surface area contributed by atoms with Crippen molar-refractivity contribution in [1.29, 1.82) is 0 Å². The number of rotatable bonds is 3. The van der Waals surface area contributed by atoms with Crippen molar-refractivity contribution in [3.05, 3.63) is 58.6 Å². The van der Waals surface area contributed by atoms with Crippen LogP contribution in [0.1, 0.15) is 17.3 Å². The van der Waals surface area contributed by atoms with E-state index in [4.69, 9.17) is 0 Å². The fourth-order valence-electron chi connectivity index (χ4n) is 1.72. The number of anilines is 2. The number of ketones is 1. The van der Waals surface area contributed by atoms with E-state index in [1.165, 1.54) is 6.92 Å². The van der Waals surface area contributed by atoms with Crippen molar-refractivity contribution < 1.29 is 14.4 Å². The fraction of sp³-hybridized carbons (Fsp3) is 0.0625. The second kappa shape index (κ2) is 7.00. The third-order valence-electron chi connectivity index (χ3n) is 2.88. The SMILES string of the molecule is CC(=O)c1ccc(NC(=O)C(=O)Nc2ccccc2Br)cc1. The zero-order valence-corrected chi connectivity index (χ0v) is 13.3. The maximum absolute atomic E-state index is 11.8. The Morgan fingerprint density at radius 2 is 1.45 bits per heavy atom. The van der Waals surface area contributed by atoms with Crippen molar-refractivity contribution in [2.75, 3.05) is 10.6 Å². The molecule has 2 amide bonds. The maximum Gasteiger partial charge on any atom is 0.314 e. The van der Waals surface area contributed by atoms with Crippen LogP contribution in [-0.2, 0) is 9.59 Å². The van der Waals surface area contributed by atoms with Crippen LogP contribution in [0.4, 0.5) is 11.4 Å². The largest absolute Gasteiger partial charge is 0.318 e. The summed E-state index contributed by atoms with van der Waals surface area (Å²) in [4.78, 5) is 34.9. The fourth-order valence-corrected chi connectivity index (χ4v) is 2.10. The number of carbonyl (C=O) groups is 3. The molecule has 0 saturated heterocycles. The molecule has 5 nitrogen and oxygen atoms in total. The minimum Gasteiger partial charge on any atom is -0.318 e. The summed E-state index contributed by atoms with van der Waals surface area (Å²) < 4.78 is 0.682. The summed E-state index contributed by atoms with van der Waals surface area (Å²) in [6.45, 7) is 1.46. The van der Waals surface area contributed by atoms with E-state index in [0.717, 1.165) is 0 Å². The molecular weight excluding hydrogens is 348 g/mol. The van der Waals surface area contributed by atoms with E-state index < -0.39 is 11.8 Å². The van der Waals surface area contributed by atoms with E-state index in [-0.39, 0.29) is 5.78 Å². The third-order valence-corrected chi connectivity index (χ3v) is 3.57. The van der Waals surface area contributed by atoms with E-state index in [9.17, 15) is 14.4 Å². The van der Waals surface area contributed by atoms with E-state index in [0.29, 0.717) is 21.4 Å². The molecule has 0 bridgehead atoms. The summed E-state index contributed by atoms with van der Waals surface area (Å²) in [6, 6.07) is 13.3. The molecule has 2 aromatic carbocycles. The second-order valence-electron chi connectivity index (χ2n) is 4.52. The average Bonchev–Trinajstić information content (AvgIpc) is 2.50. The highest BCUT2D eigenvalue weighted by Gasteiger charge is 2.15. The molecule has 0 radical (unpaired) electrons. The summed E-state index contributed by atoms with van der Waals surface area (Å²) >= 11 is 3.28. The normalized spacial score (nSPS) is 9.91. The molecule has 0 aliphatic heterocycles.